The largest absolute Gasteiger partial charge is 0.466 e. The summed E-state index contributed by atoms with van der Waals surface area (Å²) in [5.41, 5.74) is 4.59. The molecule has 0 radical (unpaired) electrons. The Kier molecular flexibility index (Phi) is 8.37. The molecule has 2 aromatic heterocycles. The van der Waals surface area contributed by atoms with Crippen LogP contribution in [0.4, 0.5) is 5.69 Å². The Bertz CT molecular complexity index is 1330. The van der Waals surface area contributed by atoms with E-state index in [0.717, 1.165) is 4.90 Å². The van der Waals surface area contributed by atoms with E-state index < -0.39 is 23.4 Å². The molecule has 1 aromatic carbocycles. The molecule has 0 spiro atoms. The van der Waals surface area contributed by atoms with E-state index in [4.69, 9.17) is 22.1 Å². The minimum Gasteiger partial charge on any atom is -0.466 e. The molecule has 3 aromatic rings. The van der Waals surface area contributed by atoms with Crippen molar-refractivity contribution in [3.05, 3.63) is 66.4 Å². The van der Waals surface area contributed by atoms with Crippen LogP contribution in [0.25, 0.3) is 5.82 Å². The molecule has 3 N–H and O–H groups in total. The van der Waals surface area contributed by atoms with Gasteiger partial charge < -0.3 is 15.0 Å². The molecule has 0 saturated heterocycles. The highest BCUT2D eigenvalue weighted by atomic mass is 79.9. The second-order valence-electron chi connectivity index (χ2n) is 7.34. The Morgan fingerprint density at radius 2 is 1.91 bits per heavy atom. The number of anilines is 1. The molecular formula is C21H18Br3ClN6O4. The maximum atomic E-state index is 13.4. The number of pyridine rings is 1. The second kappa shape index (κ2) is 10.7. The molecule has 0 bridgehead atoms. The summed E-state index contributed by atoms with van der Waals surface area (Å²) in [4.78, 5) is 44.1. The summed E-state index contributed by atoms with van der Waals surface area (Å²) >= 11 is 16.2. The van der Waals surface area contributed by atoms with Gasteiger partial charge in [0.05, 0.1) is 23.4 Å². The van der Waals surface area contributed by atoms with Gasteiger partial charge in [0, 0.05) is 28.3 Å². The van der Waals surface area contributed by atoms with Crippen molar-refractivity contribution in [3.8, 4) is 5.82 Å². The molecule has 14 heteroatoms. The number of hydrogen-bond donors (Lipinski definition) is 2. The minimum atomic E-state index is -1.76. The molecule has 2 heterocycles. The number of aromatic nitrogens is 3. The SMILES string of the molecule is COC(=O)C(C)(N)N(C)C(=O)c1cc(Br)cc(Br)c1NC(=O)c1cc(Br)nn1-c1ncccc1Cl. The number of rotatable bonds is 6. The number of benzene rings is 1. The summed E-state index contributed by atoms with van der Waals surface area (Å²) in [6.45, 7) is 1.34. The number of nitrogens with two attached hydrogens (primary N) is 1. The summed E-state index contributed by atoms with van der Waals surface area (Å²) in [6.07, 6.45) is 1.52. The molecule has 1 unspecified atom stereocenters. The molecule has 1 atom stereocenters. The monoisotopic (exact) mass is 690 g/mol. The molecule has 2 amide bonds. The third-order valence-corrected chi connectivity index (χ3v) is 6.74. The third kappa shape index (κ3) is 5.59. The van der Waals surface area contributed by atoms with Gasteiger partial charge in [0.1, 0.15) is 10.3 Å². The summed E-state index contributed by atoms with van der Waals surface area (Å²) < 4.78 is 7.30. The van der Waals surface area contributed by atoms with Gasteiger partial charge in [-0.15, -0.1) is 0 Å². The van der Waals surface area contributed by atoms with E-state index in [-0.39, 0.29) is 27.8 Å². The number of nitrogens with one attached hydrogen (secondary N) is 1. The molecule has 35 heavy (non-hydrogen) atoms. The molecular weight excluding hydrogens is 675 g/mol. The van der Waals surface area contributed by atoms with Crippen LogP contribution < -0.4 is 11.1 Å². The van der Waals surface area contributed by atoms with Crippen LogP contribution in [-0.4, -0.2) is 57.3 Å². The number of carbonyl (C=O) groups excluding carboxylic acids is 3. The van der Waals surface area contributed by atoms with E-state index in [1.54, 1.807) is 18.2 Å². The Morgan fingerprint density at radius 3 is 2.54 bits per heavy atom. The van der Waals surface area contributed by atoms with Crippen molar-refractivity contribution in [2.24, 2.45) is 5.73 Å². The molecule has 0 fully saturated rings. The minimum absolute atomic E-state index is 0.0590. The van der Waals surface area contributed by atoms with Crippen LogP contribution in [-0.2, 0) is 9.53 Å². The Hall–Kier alpha value is -2.32. The maximum absolute atomic E-state index is 13.4. The van der Waals surface area contributed by atoms with E-state index in [2.05, 4.69) is 63.2 Å². The number of hydrogen-bond acceptors (Lipinski definition) is 7. The zero-order chi connectivity index (χ0) is 26.1. The van der Waals surface area contributed by atoms with Crippen molar-refractivity contribution in [2.45, 2.75) is 12.6 Å². The van der Waals surface area contributed by atoms with E-state index in [1.807, 2.05) is 0 Å². The lowest BCUT2D eigenvalue weighted by atomic mass is 10.1. The summed E-state index contributed by atoms with van der Waals surface area (Å²) in [7, 11) is 2.52. The summed E-state index contributed by atoms with van der Waals surface area (Å²) in [5.74, 6) is -1.81. The molecule has 10 nitrogen and oxygen atoms in total. The first-order valence-electron chi connectivity index (χ1n) is 9.70. The molecule has 3 rings (SSSR count). The van der Waals surface area contributed by atoms with Gasteiger partial charge in [-0.25, -0.2) is 14.5 Å². The van der Waals surface area contributed by atoms with Crippen molar-refractivity contribution in [1.82, 2.24) is 19.7 Å². The number of nitrogens with zero attached hydrogens (tertiary/aromatic N) is 4. The van der Waals surface area contributed by atoms with E-state index in [9.17, 15) is 14.4 Å². The number of methoxy groups -OCH3 is 1. The van der Waals surface area contributed by atoms with Crippen LogP contribution in [0.3, 0.4) is 0 Å². The highest BCUT2D eigenvalue weighted by molar-refractivity contribution is 9.11. The van der Waals surface area contributed by atoms with E-state index in [0.29, 0.717) is 13.5 Å². The first-order valence-corrected chi connectivity index (χ1v) is 12.5. The number of likely N-dealkylation sites (N-methyl/N-ethyl adjacent to an activating group) is 1. The van der Waals surface area contributed by atoms with E-state index in [1.165, 1.54) is 44.1 Å². The first kappa shape index (κ1) is 27.3. The van der Waals surface area contributed by atoms with Crippen molar-refractivity contribution >= 4 is 82.9 Å². The zero-order valence-corrected chi connectivity index (χ0v) is 24.0. The Morgan fingerprint density at radius 1 is 1.23 bits per heavy atom. The van der Waals surface area contributed by atoms with Crippen molar-refractivity contribution in [1.29, 1.82) is 0 Å². The van der Waals surface area contributed by atoms with Crippen molar-refractivity contribution < 1.29 is 19.1 Å². The predicted molar refractivity (Wildman–Crippen MR) is 141 cm³/mol. The summed E-state index contributed by atoms with van der Waals surface area (Å²) in [6, 6.07) is 7.89. The Balaban J connectivity index is 2.04. The third-order valence-electron chi connectivity index (χ3n) is 4.98. The van der Waals surface area contributed by atoms with Crippen molar-refractivity contribution in [2.75, 3.05) is 19.5 Å². The van der Waals surface area contributed by atoms with Gasteiger partial charge in [0.2, 0.25) is 0 Å². The lowest BCUT2D eigenvalue weighted by Crippen LogP contribution is -2.60. The topological polar surface area (TPSA) is 132 Å². The van der Waals surface area contributed by atoms with Crippen LogP contribution in [0, 0.1) is 0 Å². The zero-order valence-electron chi connectivity index (χ0n) is 18.5. The molecule has 0 aliphatic carbocycles. The quantitative estimate of drug-likeness (QED) is 0.290. The highest BCUT2D eigenvalue weighted by Gasteiger charge is 2.38. The lowest BCUT2D eigenvalue weighted by molar-refractivity contribution is -0.151. The van der Waals surface area contributed by atoms with Gasteiger partial charge in [-0.1, -0.05) is 27.5 Å². The van der Waals surface area contributed by atoms with Crippen LogP contribution in [0.2, 0.25) is 5.02 Å². The van der Waals surface area contributed by atoms with Crippen molar-refractivity contribution in [3.63, 3.8) is 0 Å². The van der Waals surface area contributed by atoms with Crippen LogP contribution >= 0.6 is 59.4 Å². The van der Waals surface area contributed by atoms with Crippen LogP contribution in [0.5, 0.6) is 0 Å². The van der Waals surface area contributed by atoms with Crippen LogP contribution in [0.1, 0.15) is 27.8 Å². The number of amides is 2. The summed E-state index contributed by atoms with van der Waals surface area (Å²) in [5, 5.41) is 7.27. The van der Waals surface area contributed by atoms with Gasteiger partial charge in [-0.3, -0.25) is 15.3 Å². The fourth-order valence-corrected chi connectivity index (χ4v) is 4.89. The average molecular weight is 694 g/mol. The predicted octanol–water partition coefficient (Wildman–Crippen LogP) is 4.38. The first-order chi connectivity index (χ1) is 16.4. The lowest BCUT2D eigenvalue weighted by Gasteiger charge is -2.33. The van der Waals surface area contributed by atoms with Crippen LogP contribution in [0.15, 0.2) is 50.1 Å². The highest BCUT2D eigenvalue weighted by Crippen LogP contribution is 2.33. The average Bonchev–Trinajstić information content (AvgIpc) is 3.20. The second-order valence-corrected chi connectivity index (χ2v) is 10.3. The standard InChI is InChI=1S/C21H18Br3ClN6O4/c1-21(26,20(34)35-3)30(2)19(33)11-7-10(22)8-12(23)16(11)28-18(32)14-9-15(24)29-31(14)17-13(25)5-4-6-27-17/h4-9H,26H2,1-3H3,(H,28,32). The smallest absolute Gasteiger partial charge is 0.346 e. The number of halogens is 4. The van der Waals surface area contributed by atoms with Gasteiger partial charge in [-0.05, 0) is 63.0 Å². The van der Waals surface area contributed by atoms with E-state index >= 15 is 0 Å². The maximum Gasteiger partial charge on any atom is 0.346 e. The molecule has 0 aliphatic rings. The Labute approximate surface area is 230 Å². The van der Waals surface area contributed by atoms with Gasteiger partial charge in [0.25, 0.3) is 11.8 Å². The molecule has 0 saturated carbocycles. The van der Waals surface area contributed by atoms with Gasteiger partial charge in [-0.2, -0.15) is 5.10 Å². The number of esters is 1. The molecule has 0 aliphatic heterocycles. The van der Waals surface area contributed by atoms with Gasteiger partial charge in [0.15, 0.2) is 11.5 Å². The normalized spacial score (nSPS) is 12.6. The van der Waals surface area contributed by atoms with Gasteiger partial charge >= 0.3 is 5.97 Å². The fourth-order valence-electron chi connectivity index (χ4n) is 2.99. The fraction of sp³-hybridized carbons (Fsp3) is 0.190. The number of carbonyl (C=O) groups is 3. The number of ether oxygens (including phenoxy) is 1. The molecule has 184 valence electrons.